The molecule has 0 aromatic carbocycles. The fourth-order valence-corrected chi connectivity index (χ4v) is 1.34. The zero-order valence-corrected chi connectivity index (χ0v) is 11.6. The van der Waals surface area contributed by atoms with Crippen molar-refractivity contribution < 1.29 is 9.53 Å². The molecule has 96 valence electrons. The van der Waals surface area contributed by atoms with E-state index in [1.54, 1.807) is 0 Å². The summed E-state index contributed by atoms with van der Waals surface area (Å²) >= 11 is 0. The normalized spacial score (nSPS) is 13.9. The minimum atomic E-state index is -0.400. The summed E-state index contributed by atoms with van der Waals surface area (Å²) in [5.41, 5.74) is -0.400. The second-order valence-electron chi connectivity index (χ2n) is 5.68. The highest BCUT2D eigenvalue weighted by Gasteiger charge is 2.24. The van der Waals surface area contributed by atoms with Crippen molar-refractivity contribution in [3.63, 3.8) is 0 Å². The molecule has 0 aromatic heterocycles. The first-order chi connectivity index (χ1) is 7.26. The third-order valence-electron chi connectivity index (χ3n) is 2.04. The van der Waals surface area contributed by atoms with Crippen molar-refractivity contribution in [3.05, 3.63) is 0 Å². The van der Waals surface area contributed by atoms with Crippen molar-refractivity contribution in [2.24, 2.45) is 5.92 Å². The summed E-state index contributed by atoms with van der Waals surface area (Å²) in [4.78, 5) is 11.9. The van der Waals surface area contributed by atoms with Gasteiger partial charge in [-0.1, -0.05) is 27.2 Å². The molecule has 0 spiro atoms. The zero-order chi connectivity index (χ0) is 12.8. The number of carbonyl (C=O) groups is 1. The molecule has 0 aromatic rings. The number of esters is 1. The number of rotatable bonds is 6. The van der Waals surface area contributed by atoms with E-state index in [2.05, 4.69) is 26.1 Å². The Kier molecular flexibility index (Phi) is 6.65. The standard InChI is InChI=1S/C13H27NO2/c1-7-8-11(14-9-10(2)3)12(15)16-13(4,5)6/h10-11,14H,7-9H2,1-6H3. The van der Waals surface area contributed by atoms with Crippen LogP contribution in [0.25, 0.3) is 0 Å². The number of ether oxygens (including phenoxy) is 1. The average Bonchev–Trinajstić information content (AvgIpc) is 2.08. The molecule has 0 aliphatic rings. The summed E-state index contributed by atoms with van der Waals surface area (Å²) < 4.78 is 5.38. The molecule has 0 amide bonds. The van der Waals surface area contributed by atoms with E-state index in [0.29, 0.717) is 5.92 Å². The molecule has 1 atom stereocenters. The molecule has 3 nitrogen and oxygen atoms in total. The van der Waals surface area contributed by atoms with Crippen LogP contribution in [0, 0.1) is 5.92 Å². The van der Waals surface area contributed by atoms with Gasteiger partial charge in [0.2, 0.25) is 0 Å². The third-order valence-corrected chi connectivity index (χ3v) is 2.04. The molecule has 0 radical (unpaired) electrons. The van der Waals surface area contributed by atoms with Gasteiger partial charge >= 0.3 is 5.97 Å². The van der Waals surface area contributed by atoms with Crippen LogP contribution in [0.3, 0.4) is 0 Å². The van der Waals surface area contributed by atoms with Crippen LogP contribution >= 0.6 is 0 Å². The van der Waals surface area contributed by atoms with Gasteiger partial charge in [-0.3, -0.25) is 4.79 Å². The predicted molar refractivity (Wildman–Crippen MR) is 67.4 cm³/mol. The molecule has 0 aliphatic carbocycles. The third kappa shape index (κ3) is 7.69. The first kappa shape index (κ1) is 15.4. The van der Waals surface area contributed by atoms with Crippen LogP contribution in [0.5, 0.6) is 0 Å². The summed E-state index contributed by atoms with van der Waals surface area (Å²) in [6, 6.07) is -0.161. The van der Waals surface area contributed by atoms with Crippen LogP contribution in [0.4, 0.5) is 0 Å². The lowest BCUT2D eigenvalue weighted by Crippen LogP contribution is -2.42. The SMILES string of the molecule is CCCC(NCC(C)C)C(=O)OC(C)(C)C. The van der Waals surface area contributed by atoms with Crippen LogP contribution in [0.2, 0.25) is 0 Å². The Morgan fingerprint density at radius 1 is 1.31 bits per heavy atom. The molecular weight excluding hydrogens is 202 g/mol. The van der Waals surface area contributed by atoms with Gasteiger partial charge in [0, 0.05) is 0 Å². The van der Waals surface area contributed by atoms with Crippen LogP contribution in [0.15, 0.2) is 0 Å². The van der Waals surface area contributed by atoms with Crippen LogP contribution in [0.1, 0.15) is 54.4 Å². The lowest BCUT2D eigenvalue weighted by atomic mass is 10.1. The Morgan fingerprint density at radius 2 is 1.88 bits per heavy atom. The molecule has 0 fully saturated rings. The van der Waals surface area contributed by atoms with Crippen molar-refractivity contribution in [1.82, 2.24) is 5.32 Å². The predicted octanol–water partition coefficient (Wildman–Crippen LogP) is 2.74. The highest BCUT2D eigenvalue weighted by atomic mass is 16.6. The fraction of sp³-hybridized carbons (Fsp3) is 0.923. The summed E-state index contributed by atoms with van der Waals surface area (Å²) in [6.07, 6.45) is 1.82. The topological polar surface area (TPSA) is 38.3 Å². The van der Waals surface area contributed by atoms with E-state index in [0.717, 1.165) is 19.4 Å². The maximum atomic E-state index is 11.9. The van der Waals surface area contributed by atoms with Gasteiger partial charge in [-0.2, -0.15) is 0 Å². The summed E-state index contributed by atoms with van der Waals surface area (Å²) in [7, 11) is 0. The van der Waals surface area contributed by atoms with E-state index >= 15 is 0 Å². The molecule has 0 saturated heterocycles. The summed E-state index contributed by atoms with van der Waals surface area (Å²) in [5.74, 6) is 0.414. The monoisotopic (exact) mass is 229 g/mol. The van der Waals surface area contributed by atoms with Gasteiger partial charge in [-0.15, -0.1) is 0 Å². The Labute approximate surface area is 99.9 Å². The number of nitrogens with one attached hydrogen (secondary N) is 1. The molecule has 0 aliphatic heterocycles. The number of hydrogen-bond donors (Lipinski definition) is 1. The van der Waals surface area contributed by atoms with Gasteiger partial charge in [-0.05, 0) is 39.7 Å². The largest absolute Gasteiger partial charge is 0.459 e. The lowest BCUT2D eigenvalue weighted by Gasteiger charge is -2.25. The molecule has 1 unspecified atom stereocenters. The molecule has 0 heterocycles. The fourth-order valence-electron chi connectivity index (χ4n) is 1.34. The molecule has 0 bridgehead atoms. The quantitative estimate of drug-likeness (QED) is 0.712. The zero-order valence-electron chi connectivity index (χ0n) is 11.6. The van der Waals surface area contributed by atoms with E-state index < -0.39 is 5.60 Å². The molecular formula is C13H27NO2. The highest BCUT2D eigenvalue weighted by molar-refractivity contribution is 5.76. The van der Waals surface area contributed by atoms with Crippen LogP contribution in [-0.4, -0.2) is 24.2 Å². The maximum absolute atomic E-state index is 11.9. The van der Waals surface area contributed by atoms with E-state index in [4.69, 9.17) is 4.74 Å². The maximum Gasteiger partial charge on any atom is 0.323 e. The molecule has 0 rings (SSSR count). The van der Waals surface area contributed by atoms with E-state index in [1.165, 1.54) is 0 Å². The van der Waals surface area contributed by atoms with Gasteiger partial charge in [0.25, 0.3) is 0 Å². The smallest absolute Gasteiger partial charge is 0.323 e. The minimum absolute atomic E-state index is 0.130. The second-order valence-corrected chi connectivity index (χ2v) is 5.68. The molecule has 0 saturated carbocycles. The molecule has 3 heteroatoms. The lowest BCUT2D eigenvalue weighted by molar-refractivity contribution is -0.157. The minimum Gasteiger partial charge on any atom is -0.459 e. The van der Waals surface area contributed by atoms with E-state index in [9.17, 15) is 4.79 Å². The summed E-state index contributed by atoms with van der Waals surface area (Å²) in [6.45, 7) is 12.9. The highest BCUT2D eigenvalue weighted by Crippen LogP contribution is 2.10. The van der Waals surface area contributed by atoms with Crippen molar-refractivity contribution in [1.29, 1.82) is 0 Å². The Morgan fingerprint density at radius 3 is 2.25 bits per heavy atom. The Hall–Kier alpha value is -0.570. The molecule has 1 N–H and O–H groups in total. The number of carbonyl (C=O) groups excluding carboxylic acids is 1. The first-order valence-corrected chi connectivity index (χ1v) is 6.22. The Balaban J connectivity index is 4.23. The Bertz CT molecular complexity index is 206. The van der Waals surface area contributed by atoms with Crippen molar-refractivity contribution in [2.75, 3.05) is 6.54 Å². The van der Waals surface area contributed by atoms with Crippen molar-refractivity contribution in [2.45, 2.75) is 66.0 Å². The van der Waals surface area contributed by atoms with E-state index in [-0.39, 0.29) is 12.0 Å². The van der Waals surface area contributed by atoms with Crippen molar-refractivity contribution >= 4 is 5.97 Å². The summed E-state index contributed by atoms with van der Waals surface area (Å²) in [5, 5.41) is 3.27. The van der Waals surface area contributed by atoms with Crippen LogP contribution in [-0.2, 0) is 9.53 Å². The van der Waals surface area contributed by atoms with Crippen molar-refractivity contribution in [3.8, 4) is 0 Å². The molecule has 16 heavy (non-hydrogen) atoms. The van der Waals surface area contributed by atoms with E-state index in [1.807, 2.05) is 20.8 Å². The van der Waals surface area contributed by atoms with Gasteiger partial charge < -0.3 is 10.1 Å². The van der Waals surface area contributed by atoms with Gasteiger partial charge in [0.15, 0.2) is 0 Å². The average molecular weight is 229 g/mol. The number of hydrogen-bond acceptors (Lipinski definition) is 3. The second kappa shape index (κ2) is 6.89. The first-order valence-electron chi connectivity index (χ1n) is 6.22. The van der Waals surface area contributed by atoms with Gasteiger partial charge in [0.1, 0.15) is 11.6 Å². The van der Waals surface area contributed by atoms with Gasteiger partial charge in [-0.25, -0.2) is 0 Å². The van der Waals surface area contributed by atoms with Gasteiger partial charge in [0.05, 0.1) is 0 Å². The van der Waals surface area contributed by atoms with Crippen LogP contribution < -0.4 is 5.32 Å².